The zero-order valence-corrected chi connectivity index (χ0v) is 31.4. The highest BCUT2D eigenvalue weighted by Gasteiger charge is 2.63. The first kappa shape index (κ1) is 40.5. The van der Waals surface area contributed by atoms with E-state index in [2.05, 4.69) is 37.5 Å². The van der Waals surface area contributed by atoms with Gasteiger partial charge >= 0.3 is 10.4 Å². The average molecular weight is 765 g/mol. The van der Waals surface area contributed by atoms with Gasteiger partial charge in [0.2, 0.25) is 11.8 Å². The Kier molecular flexibility index (Phi) is 12.1. The number of carbonyl (C=O) groups is 2. The number of amides is 2. The molecule has 0 aromatic heterocycles. The Morgan fingerprint density at radius 2 is 1.75 bits per heavy atom. The molecule has 4 aliphatic carbocycles. The van der Waals surface area contributed by atoms with E-state index in [4.69, 9.17) is 13.5 Å². The molecule has 0 radical (unpaired) electrons. The largest absolute Gasteiger partial charge is 0.397 e. The van der Waals surface area contributed by atoms with E-state index >= 15 is 0 Å². The fourth-order valence-electron chi connectivity index (χ4n) is 11.1. The standard InChI is InChI=1S/C34H56N2O13S2/c1-18(5-8-27(39)35-13-14-50(42,43)44)23-6-7-24-28-22(32-29(36-19(2)38)31(41)30(40)26(17-37)48-32)16-20-15-21(49-51(45,46)47)9-11-33(20,3)25(28)10-12-34(23,24)4/h16,18,21-26,28-32,37,40-41H,5-15,17H2,1-4H3,(H,35,39)(H,36,38)(H,42,43,44)(H,45,46,47)/t18-,21+,22+,23-,24+,25+,26-,28+,29-,30-,31-,32+,33+,34-/m1/s1. The van der Waals surface area contributed by atoms with Crippen molar-refractivity contribution >= 4 is 32.3 Å². The SMILES string of the molecule is CC(=O)N[C@@H]1[C@@H](O)[C@H](O)[C@@H](CO)O[C@H]1[C@H]1C=C2C[C@@H](OS(=O)(=O)O)CC[C@]2(C)[C@H]2CC[C@]3(C)[C@@H]([C@H](C)CCC(=O)NCCS(=O)(=O)O)CC[C@H]3[C@H]12. The average Bonchev–Trinajstić information content (AvgIpc) is 3.38. The molecule has 51 heavy (non-hydrogen) atoms. The summed E-state index contributed by atoms with van der Waals surface area (Å²) in [7, 11) is -8.87. The maximum atomic E-state index is 12.5. The third-order valence-corrected chi connectivity index (χ3v) is 14.6. The summed E-state index contributed by atoms with van der Waals surface area (Å²) < 4.78 is 75.4. The molecule has 7 N–H and O–H groups in total. The minimum Gasteiger partial charge on any atom is -0.394 e. The number of aliphatic hydroxyl groups is 3. The third kappa shape index (κ3) is 8.51. The summed E-state index contributed by atoms with van der Waals surface area (Å²) >= 11 is 0. The first-order chi connectivity index (χ1) is 23.7. The second-order valence-corrected chi connectivity index (χ2v) is 18.9. The van der Waals surface area contributed by atoms with E-state index in [1.165, 1.54) is 6.92 Å². The van der Waals surface area contributed by atoms with Crippen LogP contribution >= 0.6 is 0 Å². The van der Waals surface area contributed by atoms with Gasteiger partial charge in [-0.15, -0.1) is 0 Å². The molecule has 14 atom stereocenters. The summed E-state index contributed by atoms with van der Waals surface area (Å²) in [5.74, 6) is -0.924. The fraction of sp³-hybridized carbons (Fsp3) is 0.882. The van der Waals surface area contributed by atoms with Gasteiger partial charge in [-0.3, -0.25) is 18.7 Å². The number of fused-ring (bicyclic) bond motifs is 5. The van der Waals surface area contributed by atoms with Crippen LogP contribution in [0.1, 0.15) is 85.5 Å². The molecule has 0 aromatic carbocycles. The highest BCUT2D eigenvalue weighted by Crippen LogP contribution is 2.69. The van der Waals surface area contributed by atoms with Gasteiger partial charge in [-0.2, -0.15) is 16.8 Å². The van der Waals surface area contributed by atoms with Crippen molar-refractivity contribution < 1.29 is 59.8 Å². The van der Waals surface area contributed by atoms with E-state index in [-0.39, 0.29) is 65.7 Å². The van der Waals surface area contributed by atoms with Gasteiger partial charge in [-0.05, 0) is 91.8 Å². The minimum absolute atomic E-state index is 0.000478. The van der Waals surface area contributed by atoms with Crippen molar-refractivity contribution in [2.24, 2.45) is 46.3 Å². The van der Waals surface area contributed by atoms with Gasteiger partial charge in [0.1, 0.15) is 18.3 Å². The van der Waals surface area contributed by atoms with Crippen molar-refractivity contribution in [2.75, 3.05) is 18.9 Å². The molecular weight excluding hydrogens is 709 g/mol. The van der Waals surface area contributed by atoms with E-state index < -0.39 is 81.3 Å². The van der Waals surface area contributed by atoms with E-state index in [0.29, 0.717) is 19.3 Å². The van der Waals surface area contributed by atoms with Crippen LogP contribution in [0.5, 0.6) is 0 Å². The normalized spacial score (nSPS) is 41.7. The number of ether oxygens (including phenoxy) is 1. The highest BCUT2D eigenvalue weighted by molar-refractivity contribution is 7.85. The summed E-state index contributed by atoms with van der Waals surface area (Å²) in [6.07, 6.45) is 2.23. The Morgan fingerprint density at radius 1 is 1.04 bits per heavy atom. The smallest absolute Gasteiger partial charge is 0.394 e. The summed E-state index contributed by atoms with van der Waals surface area (Å²) in [6.45, 7) is 7.27. The first-order valence-electron chi connectivity index (χ1n) is 18.2. The van der Waals surface area contributed by atoms with Crippen LogP contribution in [0.15, 0.2) is 11.6 Å². The maximum absolute atomic E-state index is 12.5. The molecule has 1 aliphatic heterocycles. The van der Waals surface area contributed by atoms with Crippen LogP contribution < -0.4 is 10.6 Å². The van der Waals surface area contributed by atoms with Crippen LogP contribution in [-0.4, -0.2) is 109 Å². The van der Waals surface area contributed by atoms with Gasteiger partial charge in [0.05, 0.1) is 30.6 Å². The summed E-state index contributed by atoms with van der Waals surface area (Å²) in [5, 5.41) is 37.7. The Morgan fingerprint density at radius 3 is 2.37 bits per heavy atom. The van der Waals surface area contributed by atoms with Crippen molar-refractivity contribution in [3.8, 4) is 0 Å². The lowest BCUT2D eigenvalue weighted by molar-refractivity contribution is -0.217. The zero-order valence-electron chi connectivity index (χ0n) is 29.8. The summed E-state index contributed by atoms with van der Waals surface area (Å²) in [4.78, 5) is 25.0. The summed E-state index contributed by atoms with van der Waals surface area (Å²) in [6, 6.07) is -0.996. The Labute approximate surface area is 301 Å². The number of carbonyl (C=O) groups excluding carboxylic acids is 2. The van der Waals surface area contributed by atoms with Gasteiger partial charge in [0.15, 0.2) is 0 Å². The molecule has 2 amide bonds. The lowest BCUT2D eigenvalue weighted by Gasteiger charge is -2.62. The third-order valence-electron chi connectivity index (χ3n) is 13.4. The van der Waals surface area contributed by atoms with Gasteiger partial charge < -0.3 is 30.7 Å². The Balaban J connectivity index is 1.47. The number of aliphatic hydroxyl groups excluding tert-OH is 3. The molecule has 4 fully saturated rings. The quantitative estimate of drug-likeness (QED) is 0.110. The molecule has 292 valence electrons. The number of hydrogen-bond acceptors (Lipinski definition) is 11. The van der Waals surface area contributed by atoms with Crippen LogP contribution in [0.4, 0.5) is 0 Å². The lowest BCUT2D eigenvalue weighted by atomic mass is 9.44. The second kappa shape index (κ2) is 15.2. The Bertz CT molecular complexity index is 1560. The number of nitrogens with one attached hydrogen (secondary N) is 2. The van der Waals surface area contributed by atoms with Crippen molar-refractivity contribution in [3.05, 3.63) is 11.6 Å². The fourth-order valence-corrected chi connectivity index (χ4v) is 12.0. The molecule has 3 saturated carbocycles. The molecule has 1 saturated heterocycles. The topological polar surface area (TPSA) is 246 Å². The first-order valence-corrected chi connectivity index (χ1v) is 21.1. The van der Waals surface area contributed by atoms with Crippen molar-refractivity contribution in [1.82, 2.24) is 10.6 Å². The van der Waals surface area contributed by atoms with Crippen LogP contribution in [0.2, 0.25) is 0 Å². The van der Waals surface area contributed by atoms with Crippen LogP contribution in [0.25, 0.3) is 0 Å². The van der Waals surface area contributed by atoms with E-state index in [9.17, 15) is 46.3 Å². The molecule has 5 aliphatic rings. The molecule has 15 nitrogen and oxygen atoms in total. The zero-order chi connectivity index (χ0) is 37.7. The van der Waals surface area contributed by atoms with Crippen molar-refractivity contribution in [1.29, 1.82) is 0 Å². The predicted octanol–water partition coefficient (Wildman–Crippen LogP) is 1.39. The van der Waals surface area contributed by atoms with Crippen LogP contribution in [0.3, 0.4) is 0 Å². The monoisotopic (exact) mass is 764 g/mol. The number of rotatable bonds is 12. The van der Waals surface area contributed by atoms with Crippen LogP contribution in [0, 0.1) is 46.3 Å². The molecule has 0 aromatic rings. The van der Waals surface area contributed by atoms with Gasteiger partial charge in [0.25, 0.3) is 10.1 Å². The predicted molar refractivity (Wildman–Crippen MR) is 184 cm³/mol. The molecule has 0 spiro atoms. The molecule has 1 heterocycles. The van der Waals surface area contributed by atoms with E-state index in [0.717, 1.165) is 31.3 Å². The maximum Gasteiger partial charge on any atom is 0.397 e. The van der Waals surface area contributed by atoms with E-state index in [1.807, 2.05) is 0 Å². The molecule has 5 rings (SSSR count). The van der Waals surface area contributed by atoms with Gasteiger partial charge in [0, 0.05) is 25.8 Å². The van der Waals surface area contributed by atoms with Crippen molar-refractivity contribution in [2.45, 2.75) is 122 Å². The molecule has 17 heteroatoms. The van der Waals surface area contributed by atoms with Gasteiger partial charge in [-0.25, -0.2) is 4.18 Å². The Hall–Kier alpha value is -1.70. The second-order valence-electron chi connectivity index (χ2n) is 16.3. The summed E-state index contributed by atoms with van der Waals surface area (Å²) in [5.41, 5.74) is 0.504. The minimum atomic E-state index is -4.69. The van der Waals surface area contributed by atoms with Crippen LogP contribution in [-0.2, 0) is 39.0 Å². The number of hydrogen-bond donors (Lipinski definition) is 7. The molecule has 0 unspecified atom stereocenters. The lowest BCUT2D eigenvalue weighted by Crippen LogP contribution is -2.67. The highest BCUT2D eigenvalue weighted by atomic mass is 32.3. The molecular formula is C34H56N2O13S2. The van der Waals surface area contributed by atoms with Crippen molar-refractivity contribution in [3.63, 3.8) is 0 Å². The molecule has 0 bridgehead atoms. The van der Waals surface area contributed by atoms with Gasteiger partial charge in [-0.1, -0.05) is 32.4 Å². The van der Waals surface area contributed by atoms with E-state index in [1.54, 1.807) is 0 Å².